The molecular weight excluding hydrogens is 161 g/mol. The molecule has 2 nitrogen and oxygen atoms in total. The average Bonchev–Trinajstić information content (AvgIpc) is 2.02. The number of Topliss-reactive ketones (excluding diaryl/α,β-unsaturated/α-hetero) is 1. The Balaban J connectivity index is 3.21. The van der Waals surface area contributed by atoms with E-state index in [-0.39, 0.29) is 11.6 Å². The van der Waals surface area contributed by atoms with E-state index in [9.17, 15) is 4.79 Å². The lowest BCUT2D eigenvalue weighted by Gasteiger charge is -2.09. The average molecular weight is 181 g/mol. The quantitative estimate of drug-likeness (QED) is 0.478. The molecule has 3 heteroatoms. The zero-order chi connectivity index (χ0) is 10.3. The maximum Gasteiger partial charge on any atom is 0.124 e. The smallest absolute Gasteiger partial charge is 0.124 e. The minimum atomic E-state index is -0.251. The van der Waals surface area contributed by atoms with Crippen molar-refractivity contribution in [1.29, 1.82) is 0 Å². The molecule has 0 fully saturated rings. The molecule has 74 valence electrons. The second kappa shape index (κ2) is 7.13. The van der Waals surface area contributed by atoms with Gasteiger partial charge in [-0.3, -0.25) is 0 Å². The van der Waals surface area contributed by atoms with Gasteiger partial charge in [0.1, 0.15) is 5.78 Å². The molecule has 0 saturated heterocycles. The first kappa shape index (κ1) is 12.7. The fraction of sp³-hybridized carbons (Fsp3) is 0.900. The maximum absolute atomic E-state index is 10.8. The van der Waals surface area contributed by atoms with E-state index in [1.807, 2.05) is 0 Å². The van der Waals surface area contributed by atoms with Gasteiger partial charge in [-0.15, -0.1) is 0 Å². The van der Waals surface area contributed by atoms with E-state index < -0.39 is 0 Å². The molecule has 0 aliphatic rings. The molecule has 1 N–H and O–H groups in total. The van der Waals surface area contributed by atoms with E-state index >= 15 is 0 Å². The molecule has 0 aliphatic heterocycles. The molecule has 1 unspecified atom stereocenters. The molecule has 13 heavy (non-hydrogen) atoms. The molecule has 1 atom stereocenters. The molecule has 0 aliphatic carbocycles. The van der Waals surface area contributed by atoms with Crippen LogP contribution in [0.3, 0.4) is 0 Å². The molecule has 0 aromatic heterocycles. The molecule has 2 radical (unpaired) electrons. The molecule has 0 bridgehead atoms. The van der Waals surface area contributed by atoms with Crippen molar-refractivity contribution in [3.05, 3.63) is 0 Å². The van der Waals surface area contributed by atoms with Crippen LogP contribution in [0.4, 0.5) is 0 Å². The molecule has 0 saturated carbocycles. The third-order valence-corrected chi connectivity index (χ3v) is 2.02. The van der Waals surface area contributed by atoms with Crippen molar-refractivity contribution in [3.63, 3.8) is 0 Å². The fourth-order valence-corrected chi connectivity index (χ4v) is 1.08. The van der Waals surface area contributed by atoms with Crippen LogP contribution in [-0.2, 0) is 4.79 Å². The highest BCUT2D eigenvalue weighted by molar-refractivity contribution is 6.23. The Labute approximate surface area is 82.9 Å². The van der Waals surface area contributed by atoms with Crippen molar-refractivity contribution >= 4 is 13.6 Å². The van der Waals surface area contributed by atoms with E-state index in [1.54, 1.807) is 6.92 Å². The highest BCUT2D eigenvalue weighted by atomic mass is 16.1. The number of carbonyl (C=O) groups excluding carboxylic acids is 1. The standard InChI is InChI=1S/C10H20BNO/c1-8(2)12-7-5-4-6-10(11)9(3)13/h8,10,12H,4-7H2,1-3H3. The second-order valence-corrected chi connectivity index (χ2v) is 3.82. The lowest BCUT2D eigenvalue weighted by Crippen LogP contribution is -2.23. The van der Waals surface area contributed by atoms with Crippen molar-refractivity contribution in [2.24, 2.45) is 0 Å². The first-order chi connectivity index (χ1) is 6.04. The third-order valence-electron chi connectivity index (χ3n) is 2.02. The van der Waals surface area contributed by atoms with Crippen molar-refractivity contribution in [2.75, 3.05) is 6.54 Å². The molecular formula is C10H20BNO. The van der Waals surface area contributed by atoms with Gasteiger partial charge < -0.3 is 10.1 Å². The summed E-state index contributed by atoms with van der Waals surface area (Å²) in [7, 11) is 5.59. The summed E-state index contributed by atoms with van der Waals surface area (Å²) in [6.45, 7) is 6.82. The van der Waals surface area contributed by atoms with Gasteiger partial charge in [-0.05, 0) is 25.7 Å². The third kappa shape index (κ3) is 8.04. The number of hydrogen-bond donors (Lipinski definition) is 1. The van der Waals surface area contributed by atoms with Crippen LogP contribution in [0, 0.1) is 0 Å². The first-order valence-corrected chi connectivity index (χ1v) is 5.03. The van der Waals surface area contributed by atoms with Crippen LogP contribution in [0.5, 0.6) is 0 Å². The molecule has 0 aromatic carbocycles. The monoisotopic (exact) mass is 181 g/mol. The summed E-state index contributed by atoms with van der Waals surface area (Å²) in [5.74, 6) is -0.157. The summed E-state index contributed by atoms with van der Waals surface area (Å²) in [5, 5.41) is 3.32. The minimum Gasteiger partial charge on any atom is -0.315 e. The lowest BCUT2D eigenvalue weighted by molar-refractivity contribution is -0.117. The fourth-order valence-electron chi connectivity index (χ4n) is 1.08. The van der Waals surface area contributed by atoms with Crippen LogP contribution in [0.25, 0.3) is 0 Å². The first-order valence-electron chi connectivity index (χ1n) is 5.03. The number of nitrogens with one attached hydrogen (secondary N) is 1. The lowest BCUT2D eigenvalue weighted by atomic mass is 9.80. The zero-order valence-electron chi connectivity index (χ0n) is 8.97. The van der Waals surface area contributed by atoms with E-state index in [2.05, 4.69) is 19.2 Å². The summed E-state index contributed by atoms with van der Waals surface area (Å²) >= 11 is 0. The van der Waals surface area contributed by atoms with Gasteiger partial charge in [-0.1, -0.05) is 26.7 Å². The molecule has 0 spiro atoms. The van der Waals surface area contributed by atoms with Gasteiger partial charge in [-0.2, -0.15) is 0 Å². The molecule has 0 rings (SSSR count). The van der Waals surface area contributed by atoms with Crippen molar-refractivity contribution in [1.82, 2.24) is 5.32 Å². The van der Waals surface area contributed by atoms with E-state index in [4.69, 9.17) is 7.85 Å². The molecule has 0 amide bonds. The van der Waals surface area contributed by atoms with Crippen molar-refractivity contribution < 1.29 is 4.79 Å². The summed E-state index contributed by atoms with van der Waals surface area (Å²) < 4.78 is 0. The SMILES string of the molecule is [B]C(CCCCNC(C)C)C(C)=O. The summed E-state index contributed by atoms with van der Waals surface area (Å²) in [6.07, 6.45) is 2.94. The van der Waals surface area contributed by atoms with E-state index in [0.29, 0.717) is 6.04 Å². The normalized spacial score (nSPS) is 13.2. The Bertz CT molecular complexity index is 148. The second-order valence-electron chi connectivity index (χ2n) is 3.82. The number of carbonyl (C=O) groups is 1. The van der Waals surface area contributed by atoms with Gasteiger partial charge in [0.25, 0.3) is 0 Å². The van der Waals surface area contributed by atoms with E-state index in [0.717, 1.165) is 25.8 Å². The molecule has 0 aromatic rings. The van der Waals surface area contributed by atoms with Gasteiger partial charge >= 0.3 is 0 Å². The molecule has 0 heterocycles. The Morgan fingerprint density at radius 2 is 2.00 bits per heavy atom. The number of hydrogen-bond acceptors (Lipinski definition) is 2. The Morgan fingerprint density at radius 3 is 2.46 bits per heavy atom. The van der Waals surface area contributed by atoms with Crippen LogP contribution in [0.2, 0.25) is 5.82 Å². The Hall–Kier alpha value is -0.305. The summed E-state index contributed by atoms with van der Waals surface area (Å²) in [5.41, 5.74) is 0. The topological polar surface area (TPSA) is 29.1 Å². The zero-order valence-corrected chi connectivity index (χ0v) is 8.97. The van der Waals surface area contributed by atoms with Gasteiger partial charge in [0.15, 0.2) is 0 Å². The Morgan fingerprint density at radius 1 is 1.38 bits per heavy atom. The number of ketones is 1. The predicted octanol–water partition coefficient (Wildman–Crippen LogP) is 1.70. The predicted molar refractivity (Wildman–Crippen MR) is 57.2 cm³/mol. The Kier molecular flexibility index (Phi) is 6.97. The largest absolute Gasteiger partial charge is 0.315 e. The highest BCUT2D eigenvalue weighted by Gasteiger charge is 2.05. The summed E-state index contributed by atoms with van der Waals surface area (Å²) in [4.78, 5) is 10.8. The number of rotatable bonds is 7. The number of unbranched alkanes of at least 4 members (excludes halogenated alkanes) is 1. The van der Waals surface area contributed by atoms with Crippen LogP contribution < -0.4 is 5.32 Å². The van der Waals surface area contributed by atoms with Gasteiger partial charge in [0.2, 0.25) is 0 Å². The van der Waals surface area contributed by atoms with Crippen LogP contribution in [-0.4, -0.2) is 26.2 Å². The van der Waals surface area contributed by atoms with Crippen molar-refractivity contribution in [2.45, 2.75) is 51.9 Å². The van der Waals surface area contributed by atoms with Gasteiger partial charge in [0, 0.05) is 6.04 Å². The van der Waals surface area contributed by atoms with Crippen LogP contribution >= 0.6 is 0 Å². The minimum absolute atomic E-state index is 0.0943. The van der Waals surface area contributed by atoms with Crippen molar-refractivity contribution in [3.8, 4) is 0 Å². The van der Waals surface area contributed by atoms with Crippen LogP contribution in [0.1, 0.15) is 40.0 Å². The highest BCUT2D eigenvalue weighted by Crippen LogP contribution is 2.10. The maximum atomic E-state index is 10.8. The van der Waals surface area contributed by atoms with Gasteiger partial charge in [0.05, 0.1) is 7.85 Å². The van der Waals surface area contributed by atoms with Crippen LogP contribution in [0.15, 0.2) is 0 Å². The van der Waals surface area contributed by atoms with Gasteiger partial charge in [-0.25, -0.2) is 0 Å². The summed E-state index contributed by atoms with van der Waals surface area (Å²) in [6, 6.07) is 0.543. The van der Waals surface area contributed by atoms with E-state index in [1.165, 1.54) is 0 Å².